The third-order valence-corrected chi connectivity index (χ3v) is 1.36. The van der Waals surface area contributed by atoms with Gasteiger partial charge in [-0.15, -0.1) is 13.2 Å². The first-order valence-electron chi connectivity index (χ1n) is 3.65. The molecule has 0 heterocycles. The highest BCUT2D eigenvalue weighted by Gasteiger charge is 2.56. The van der Waals surface area contributed by atoms with E-state index in [-0.39, 0.29) is 0 Å². The van der Waals surface area contributed by atoms with E-state index in [1.165, 1.54) is 0 Å². The summed E-state index contributed by atoms with van der Waals surface area (Å²) in [4.78, 5) is 0. The van der Waals surface area contributed by atoms with E-state index in [0.29, 0.717) is 0 Å². The van der Waals surface area contributed by atoms with Crippen LogP contribution in [0.15, 0.2) is 0 Å². The molecule has 0 bridgehead atoms. The molecule has 0 aromatic rings. The average Bonchev–Trinajstić information content (AvgIpc) is 1.98. The number of ether oxygens (including phenoxy) is 1. The molecule has 0 spiro atoms. The van der Waals surface area contributed by atoms with Crippen LogP contribution in [0.25, 0.3) is 0 Å². The summed E-state index contributed by atoms with van der Waals surface area (Å²) in [6.07, 6.45) is -17.6. The minimum atomic E-state index is -5.83. The largest absolute Gasteiger partial charge is 0.522 e. The molecular weight excluding hydrogens is 259 g/mol. The third kappa shape index (κ3) is 5.42. The molecule has 16 heavy (non-hydrogen) atoms. The van der Waals surface area contributed by atoms with Crippen LogP contribution < -0.4 is 0 Å². The lowest BCUT2D eigenvalue weighted by molar-refractivity contribution is -0.330. The van der Waals surface area contributed by atoms with E-state index >= 15 is 0 Å². The lowest BCUT2D eigenvalue weighted by Crippen LogP contribution is -2.42. The number of hydrogen-bond acceptors (Lipinski definition) is 1. The normalized spacial score (nSPS) is 16.3. The SMILES string of the molecule is FC(C(F)(F)F)C(F)(F)CCOC(F)(F)F. The van der Waals surface area contributed by atoms with Gasteiger partial charge < -0.3 is 0 Å². The van der Waals surface area contributed by atoms with Crippen molar-refractivity contribution in [3.8, 4) is 0 Å². The van der Waals surface area contributed by atoms with Crippen LogP contribution in [0.5, 0.6) is 0 Å². The van der Waals surface area contributed by atoms with Gasteiger partial charge in [0.2, 0.25) is 0 Å². The predicted octanol–water partition coefficient (Wildman–Crippen LogP) is 3.45. The highest BCUT2D eigenvalue weighted by molar-refractivity contribution is 4.82. The van der Waals surface area contributed by atoms with E-state index < -0.39 is 37.7 Å². The summed E-state index contributed by atoms with van der Waals surface area (Å²) in [5.41, 5.74) is 0. The highest BCUT2D eigenvalue weighted by Crippen LogP contribution is 2.37. The third-order valence-electron chi connectivity index (χ3n) is 1.36. The summed E-state index contributed by atoms with van der Waals surface area (Å²) in [5, 5.41) is 0. The van der Waals surface area contributed by atoms with Gasteiger partial charge in [0.05, 0.1) is 6.61 Å². The van der Waals surface area contributed by atoms with E-state index in [1.54, 1.807) is 0 Å². The van der Waals surface area contributed by atoms with Gasteiger partial charge in [0.25, 0.3) is 12.1 Å². The van der Waals surface area contributed by atoms with E-state index in [4.69, 9.17) is 0 Å². The van der Waals surface area contributed by atoms with Crippen molar-refractivity contribution in [2.24, 2.45) is 0 Å². The second-order valence-electron chi connectivity index (χ2n) is 2.71. The molecular formula is C6H5F9O. The zero-order valence-electron chi connectivity index (χ0n) is 7.30. The number of hydrogen-bond donors (Lipinski definition) is 0. The fourth-order valence-corrected chi connectivity index (χ4v) is 0.669. The van der Waals surface area contributed by atoms with Gasteiger partial charge in [-0.05, 0) is 0 Å². The van der Waals surface area contributed by atoms with Gasteiger partial charge in [-0.3, -0.25) is 4.74 Å². The van der Waals surface area contributed by atoms with Crippen LogP contribution in [-0.4, -0.2) is 31.2 Å². The molecule has 1 nitrogen and oxygen atoms in total. The minimum absolute atomic E-state index is 1.76. The molecule has 1 unspecified atom stereocenters. The summed E-state index contributed by atoms with van der Waals surface area (Å²) in [6.45, 7) is -1.76. The van der Waals surface area contributed by atoms with Crippen molar-refractivity contribution < 1.29 is 44.3 Å². The molecule has 0 radical (unpaired) electrons. The number of rotatable bonds is 4. The number of halogens is 9. The Morgan fingerprint density at radius 1 is 0.875 bits per heavy atom. The van der Waals surface area contributed by atoms with Crippen LogP contribution in [0.4, 0.5) is 39.5 Å². The molecule has 10 heteroatoms. The van der Waals surface area contributed by atoms with Crippen LogP contribution in [0.2, 0.25) is 0 Å². The maximum absolute atomic E-state index is 12.3. The van der Waals surface area contributed by atoms with E-state index in [1.807, 2.05) is 0 Å². The fraction of sp³-hybridized carbons (Fsp3) is 1.00. The molecule has 0 amide bonds. The van der Waals surface area contributed by atoms with Crippen LogP contribution in [0.3, 0.4) is 0 Å². The van der Waals surface area contributed by atoms with E-state index in [2.05, 4.69) is 4.74 Å². The lowest BCUT2D eigenvalue weighted by Gasteiger charge is -2.22. The summed E-state index contributed by atoms with van der Waals surface area (Å²) in [5.74, 6) is -4.95. The van der Waals surface area contributed by atoms with Gasteiger partial charge in [-0.1, -0.05) is 0 Å². The minimum Gasteiger partial charge on any atom is -0.292 e. The summed E-state index contributed by atoms with van der Waals surface area (Å²) < 4.78 is 108. The van der Waals surface area contributed by atoms with Crippen molar-refractivity contribution in [1.82, 2.24) is 0 Å². The molecule has 0 aliphatic carbocycles. The van der Waals surface area contributed by atoms with Crippen molar-refractivity contribution in [2.45, 2.75) is 31.1 Å². The van der Waals surface area contributed by atoms with Crippen molar-refractivity contribution in [1.29, 1.82) is 0 Å². The van der Waals surface area contributed by atoms with Gasteiger partial charge in [0.15, 0.2) is 0 Å². The molecule has 0 rings (SSSR count). The molecule has 0 aromatic carbocycles. The zero-order chi connectivity index (χ0) is 13.2. The Hall–Kier alpha value is -0.670. The summed E-state index contributed by atoms with van der Waals surface area (Å²) in [7, 11) is 0. The molecule has 0 N–H and O–H groups in total. The Morgan fingerprint density at radius 3 is 1.62 bits per heavy atom. The van der Waals surface area contributed by atoms with Crippen LogP contribution in [-0.2, 0) is 4.74 Å². The van der Waals surface area contributed by atoms with Crippen molar-refractivity contribution >= 4 is 0 Å². The lowest BCUT2D eigenvalue weighted by atomic mass is 10.1. The Morgan fingerprint density at radius 2 is 1.31 bits per heavy atom. The van der Waals surface area contributed by atoms with Gasteiger partial charge in [-0.25, -0.2) is 13.2 Å². The van der Waals surface area contributed by atoms with Crippen LogP contribution in [0, 0.1) is 0 Å². The van der Waals surface area contributed by atoms with Gasteiger partial charge in [0, 0.05) is 6.42 Å². The molecule has 0 aromatic heterocycles. The maximum Gasteiger partial charge on any atom is 0.522 e. The Bertz CT molecular complexity index is 217. The topological polar surface area (TPSA) is 9.23 Å². The van der Waals surface area contributed by atoms with Crippen LogP contribution >= 0.6 is 0 Å². The monoisotopic (exact) mass is 264 g/mol. The van der Waals surface area contributed by atoms with Crippen molar-refractivity contribution in [2.75, 3.05) is 6.61 Å². The quantitative estimate of drug-likeness (QED) is 0.706. The van der Waals surface area contributed by atoms with E-state index in [9.17, 15) is 39.5 Å². The first-order chi connectivity index (χ1) is 6.86. The number of alkyl halides is 9. The molecule has 98 valence electrons. The molecule has 0 saturated carbocycles. The van der Waals surface area contributed by atoms with Crippen LogP contribution in [0.1, 0.15) is 6.42 Å². The van der Waals surface area contributed by atoms with Gasteiger partial charge >= 0.3 is 12.5 Å². The summed E-state index contributed by atoms with van der Waals surface area (Å²) in [6, 6.07) is 0. The van der Waals surface area contributed by atoms with Crippen molar-refractivity contribution in [3.63, 3.8) is 0 Å². The molecule has 0 aliphatic heterocycles. The summed E-state index contributed by atoms with van der Waals surface area (Å²) >= 11 is 0. The van der Waals surface area contributed by atoms with Gasteiger partial charge in [-0.2, -0.15) is 13.2 Å². The smallest absolute Gasteiger partial charge is 0.292 e. The second-order valence-corrected chi connectivity index (χ2v) is 2.71. The zero-order valence-corrected chi connectivity index (χ0v) is 7.30. The fourth-order valence-electron chi connectivity index (χ4n) is 0.669. The molecule has 0 fully saturated rings. The van der Waals surface area contributed by atoms with Crippen molar-refractivity contribution in [3.05, 3.63) is 0 Å². The second kappa shape index (κ2) is 4.68. The Kier molecular flexibility index (Phi) is 4.48. The average molecular weight is 264 g/mol. The maximum atomic E-state index is 12.3. The predicted molar refractivity (Wildman–Crippen MR) is 32.5 cm³/mol. The standard InChI is InChI=1S/C6H5F9O/c7-3(5(10,11)12)4(8,9)1-2-16-6(13,14)15/h3H,1-2H2. The highest BCUT2D eigenvalue weighted by atomic mass is 19.4. The molecule has 0 aliphatic rings. The first-order valence-corrected chi connectivity index (χ1v) is 3.65. The van der Waals surface area contributed by atoms with Gasteiger partial charge in [0.1, 0.15) is 0 Å². The first kappa shape index (κ1) is 15.3. The molecule has 0 saturated heterocycles. The Labute approximate surface area is 83.2 Å². The molecule has 1 atom stereocenters. The van der Waals surface area contributed by atoms with E-state index in [0.717, 1.165) is 0 Å². The Balaban J connectivity index is 4.25.